The summed E-state index contributed by atoms with van der Waals surface area (Å²) in [6.07, 6.45) is 2.14. The lowest BCUT2D eigenvalue weighted by Crippen LogP contribution is -2.41. The second-order valence-corrected chi connectivity index (χ2v) is 7.07. The standard InChI is InChI=1S/C20H21ClN2O/c21-19-8-4-3-7-18(19)20(24)23-12-10-17(14-23)22-11-9-15-5-1-2-6-16(15)13-22/h1-8,17H,9-14H2/t17-/m0/s1. The van der Waals surface area contributed by atoms with Gasteiger partial charge in [-0.15, -0.1) is 0 Å². The second-order valence-electron chi connectivity index (χ2n) is 6.66. The van der Waals surface area contributed by atoms with E-state index in [1.54, 1.807) is 6.07 Å². The van der Waals surface area contributed by atoms with E-state index in [1.165, 1.54) is 11.1 Å². The number of likely N-dealkylation sites (tertiary alicyclic amines) is 1. The van der Waals surface area contributed by atoms with Crippen LogP contribution >= 0.6 is 11.6 Å². The van der Waals surface area contributed by atoms with Gasteiger partial charge >= 0.3 is 0 Å². The van der Waals surface area contributed by atoms with E-state index >= 15 is 0 Å². The van der Waals surface area contributed by atoms with Crippen molar-refractivity contribution in [1.29, 1.82) is 0 Å². The first-order valence-corrected chi connectivity index (χ1v) is 8.95. The van der Waals surface area contributed by atoms with Gasteiger partial charge in [-0.2, -0.15) is 0 Å². The lowest BCUT2D eigenvalue weighted by molar-refractivity contribution is 0.0773. The summed E-state index contributed by atoms with van der Waals surface area (Å²) in [5.74, 6) is 0.0560. The molecule has 0 saturated carbocycles. The molecule has 2 heterocycles. The van der Waals surface area contributed by atoms with Crippen molar-refractivity contribution in [3.05, 3.63) is 70.2 Å². The quantitative estimate of drug-likeness (QED) is 0.833. The van der Waals surface area contributed by atoms with Crippen LogP contribution in [0.5, 0.6) is 0 Å². The van der Waals surface area contributed by atoms with Crippen LogP contribution in [0.25, 0.3) is 0 Å². The van der Waals surface area contributed by atoms with Crippen molar-refractivity contribution in [3.63, 3.8) is 0 Å². The second kappa shape index (κ2) is 6.58. The minimum absolute atomic E-state index is 0.0560. The molecule has 1 amide bonds. The van der Waals surface area contributed by atoms with E-state index in [0.717, 1.165) is 39.0 Å². The molecule has 2 aromatic carbocycles. The number of amides is 1. The zero-order chi connectivity index (χ0) is 16.5. The predicted octanol–water partition coefficient (Wildman–Crippen LogP) is 3.61. The van der Waals surface area contributed by atoms with E-state index in [-0.39, 0.29) is 5.91 Å². The van der Waals surface area contributed by atoms with E-state index in [0.29, 0.717) is 16.6 Å². The Morgan fingerprint density at radius 3 is 2.58 bits per heavy atom. The Balaban J connectivity index is 1.44. The molecule has 2 aliphatic rings. The summed E-state index contributed by atoms with van der Waals surface area (Å²) in [5.41, 5.74) is 3.51. The number of nitrogens with zero attached hydrogens (tertiary/aromatic N) is 2. The maximum absolute atomic E-state index is 12.7. The molecule has 0 aliphatic carbocycles. The van der Waals surface area contributed by atoms with Gasteiger partial charge in [0, 0.05) is 32.2 Å². The third-order valence-electron chi connectivity index (χ3n) is 5.23. The summed E-state index contributed by atoms with van der Waals surface area (Å²) in [7, 11) is 0. The van der Waals surface area contributed by atoms with Crippen molar-refractivity contribution in [2.45, 2.75) is 25.4 Å². The zero-order valence-corrected chi connectivity index (χ0v) is 14.4. The van der Waals surface area contributed by atoms with Crippen molar-refractivity contribution in [1.82, 2.24) is 9.80 Å². The Morgan fingerprint density at radius 2 is 1.75 bits per heavy atom. The largest absolute Gasteiger partial charge is 0.337 e. The van der Waals surface area contributed by atoms with E-state index in [9.17, 15) is 4.79 Å². The number of fused-ring (bicyclic) bond motifs is 1. The first-order valence-electron chi connectivity index (χ1n) is 8.57. The lowest BCUT2D eigenvalue weighted by atomic mass is 9.98. The van der Waals surface area contributed by atoms with Gasteiger partial charge in [-0.1, -0.05) is 48.0 Å². The van der Waals surface area contributed by atoms with Crippen molar-refractivity contribution in [2.24, 2.45) is 0 Å². The average Bonchev–Trinajstić information content (AvgIpc) is 3.11. The topological polar surface area (TPSA) is 23.6 Å². The van der Waals surface area contributed by atoms with Crippen LogP contribution in [0.2, 0.25) is 5.02 Å². The van der Waals surface area contributed by atoms with Gasteiger partial charge in [-0.05, 0) is 36.1 Å². The van der Waals surface area contributed by atoms with Crippen molar-refractivity contribution in [3.8, 4) is 0 Å². The molecule has 3 nitrogen and oxygen atoms in total. The molecule has 124 valence electrons. The first kappa shape index (κ1) is 15.7. The molecule has 1 saturated heterocycles. The normalized spacial score (nSPS) is 20.9. The van der Waals surface area contributed by atoms with Crippen molar-refractivity contribution in [2.75, 3.05) is 19.6 Å². The fourth-order valence-corrected chi connectivity index (χ4v) is 4.08. The number of hydrogen-bond donors (Lipinski definition) is 0. The third kappa shape index (κ3) is 2.94. The number of rotatable bonds is 2. The molecule has 1 atom stereocenters. The SMILES string of the molecule is O=C(c1ccccc1Cl)N1CC[C@H](N2CCc3ccccc3C2)C1. The third-order valence-corrected chi connectivity index (χ3v) is 5.56. The molecule has 2 aromatic rings. The predicted molar refractivity (Wildman–Crippen MR) is 96.3 cm³/mol. The molecule has 1 fully saturated rings. The van der Waals surface area contributed by atoms with Gasteiger partial charge in [0.05, 0.1) is 10.6 Å². The lowest BCUT2D eigenvalue weighted by Gasteiger charge is -2.33. The monoisotopic (exact) mass is 340 g/mol. The Hall–Kier alpha value is -1.84. The highest BCUT2D eigenvalue weighted by atomic mass is 35.5. The number of hydrogen-bond acceptors (Lipinski definition) is 2. The molecule has 4 rings (SSSR count). The van der Waals surface area contributed by atoms with Crippen LogP contribution in [-0.2, 0) is 13.0 Å². The van der Waals surface area contributed by atoms with Gasteiger partial charge in [-0.3, -0.25) is 9.69 Å². The van der Waals surface area contributed by atoms with Crippen LogP contribution in [0, 0.1) is 0 Å². The highest BCUT2D eigenvalue weighted by molar-refractivity contribution is 6.33. The number of halogens is 1. The Labute approximate surface area is 147 Å². The van der Waals surface area contributed by atoms with Crippen LogP contribution in [0.1, 0.15) is 27.9 Å². The molecule has 0 unspecified atom stereocenters. The van der Waals surface area contributed by atoms with Gasteiger partial charge in [0.15, 0.2) is 0 Å². The molecule has 24 heavy (non-hydrogen) atoms. The fourth-order valence-electron chi connectivity index (χ4n) is 3.86. The van der Waals surface area contributed by atoms with E-state index in [1.807, 2.05) is 23.1 Å². The minimum Gasteiger partial charge on any atom is -0.337 e. The summed E-state index contributed by atoms with van der Waals surface area (Å²) in [6.45, 7) is 3.68. The van der Waals surface area contributed by atoms with E-state index in [2.05, 4.69) is 29.2 Å². The molecule has 0 N–H and O–H groups in total. The highest BCUT2D eigenvalue weighted by Crippen LogP contribution is 2.26. The summed E-state index contributed by atoms with van der Waals surface area (Å²) in [5, 5.41) is 0.540. The van der Waals surface area contributed by atoms with Crippen molar-refractivity contribution < 1.29 is 4.79 Å². The molecule has 2 aliphatic heterocycles. The summed E-state index contributed by atoms with van der Waals surface area (Å²) in [6, 6.07) is 16.5. The first-order chi connectivity index (χ1) is 11.7. The van der Waals surface area contributed by atoms with E-state index < -0.39 is 0 Å². The van der Waals surface area contributed by atoms with Crippen LogP contribution in [-0.4, -0.2) is 41.4 Å². The number of benzene rings is 2. The smallest absolute Gasteiger partial charge is 0.255 e. The van der Waals surface area contributed by atoms with Gasteiger partial charge in [-0.25, -0.2) is 0 Å². The number of carbonyl (C=O) groups is 1. The van der Waals surface area contributed by atoms with Crippen LogP contribution in [0.4, 0.5) is 0 Å². The summed E-state index contributed by atoms with van der Waals surface area (Å²) < 4.78 is 0. The Bertz CT molecular complexity index is 761. The maximum Gasteiger partial charge on any atom is 0.255 e. The van der Waals surface area contributed by atoms with Gasteiger partial charge in [0.25, 0.3) is 5.91 Å². The molecular weight excluding hydrogens is 320 g/mol. The molecule has 0 radical (unpaired) electrons. The summed E-state index contributed by atoms with van der Waals surface area (Å²) in [4.78, 5) is 17.2. The molecule has 0 spiro atoms. The Morgan fingerprint density at radius 1 is 1.00 bits per heavy atom. The molecule has 4 heteroatoms. The molecule has 0 aromatic heterocycles. The maximum atomic E-state index is 12.7. The number of carbonyl (C=O) groups excluding carboxylic acids is 1. The molecule has 0 bridgehead atoms. The van der Waals surface area contributed by atoms with Crippen LogP contribution in [0.15, 0.2) is 48.5 Å². The average molecular weight is 341 g/mol. The van der Waals surface area contributed by atoms with Crippen molar-refractivity contribution >= 4 is 17.5 Å². The van der Waals surface area contributed by atoms with Gasteiger partial charge < -0.3 is 4.90 Å². The highest BCUT2D eigenvalue weighted by Gasteiger charge is 2.32. The fraction of sp³-hybridized carbons (Fsp3) is 0.350. The van der Waals surface area contributed by atoms with Crippen LogP contribution < -0.4 is 0 Å². The van der Waals surface area contributed by atoms with Gasteiger partial charge in [0.1, 0.15) is 0 Å². The van der Waals surface area contributed by atoms with Gasteiger partial charge in [0.2, 0.25) is 0 Å². The van der Waals surface area contributed by atoms with Crippen LogP contribution in [0.3, 0.4) is 0 Å². The zero-order valence-electron chi connectivity index (χ0n) is 13.6. The van der Waals surface area contributed by atoms with E-state index in [4.69, 9.17) is 11.6 Å². The molecular formula is C20H21ClN2O. The Kier molecular flexibility index (Phi) is 4.30. The summed E-state index contributed by atoms with van der Waals surface area (Å²) >= 11 is 6.18. The minimum atomic E-state index is 0.0560.